The van der Waals surface area contributed by atoms with Gasteiger partial charge in [0.2, 0.25) is 0 Å². The number of carbonyl (C=O) groups is 1. The molecule has 2 rings (SSSR count). The second kappa shape index (κ2) is 5.64. The van der Waals surface area contributed by atoms with Crippen molar-refractivity contribution < 1.29 is 27.1 Å². The molecule has 19 heavy (non-hydrogen) atoms. The van der Waals surface area contributed by atoms with Crippen molar-refractivity contribution in [3.8, 4) is 0 Å². The van der Waals surface area contributed by atoms with Crippen LogP contribution in [0.25, 0.3) is 0 Å². The second-order valence-corrected chi connectivity index (χ2v) is 3.86. The molecule has 106 valence electrons. The summed E-state index contributed by atoms with van der Waals surface area (Å²) >= 11 is 0. The van der Waals surface area contributed by atoms with Crippen molar-refractivity contribution in [3.63, 3.8) is 0 Å². The van der Waals surface area contributed by atoms with Gasteiger partial charge in [-0.05, 0) is 17.7 Å². The van der Waals surface area contributed by atoms with Gasteiger partial charge in [0, 0.05) is 6.42 Å². The third kappa shape index (κ3) is 3.50. The summed E-state index contributed by atoms with van der Waals surface area (Å²) in [6.45, 7) is 0.120. The molecule has 8 heteroatoms. The van der Waals surface area contributed by atoms with E-state index in [1.807, 2.05) is 0 Å². The fraction of sp³-hybridized carbons (Fsp3) is 0.364. The van der Waals surface area contributed by atoms with Crippen LogP contribution in [0.3, 0.4) is 0 Å². The summed E-state index contributed by atoms with van der Waals surface area (Å²) < 4.78 is 55.2. The lowest BCUT2D eigenvalue weighted by molar-refractivity contribution is -0.140. The van der Waals surface area contributed by atoms with Gasteiger partial charge in [0.1, 0.15) is 5.82 Å². The normalized spacial score (nSPS) is 19.2. The number of benzene rings is 1. The van der Waals surface area contributed by atoms with Crippen LogP contribution in [-0.2, 0) is 10.9 Å². The Morgan fingerprint density at radius 2 is 2.00 bits per heavy atom. The van der Waals surface area contributed by atoms with Gasteiger partial charge < -0.3 is 10.1 Å². The molecule has 0 saturated carbocycles. The standard InChI is InChI=1S/C11H9F4NO2.ClH/c12-8-2-1-6(5-7(8)11(13,14)15)9-3-4-18-10(17)16-9;/h1-2,5,9H,3-4H2,(H,16,17);1H/t9-;/m0./s1. The molecule has 1 N–H and O–H groups in total. The number of cyclic esters (lactones) is 1. The average Bonchev–Trinajstić information content (AvgIpc) is 2.28. The lowest BCUT2D eigenvalue weighted by Crippen LogP contribution is -2.35. The zero-order valence-corrected chi connectivity index (χ0v) is 10.3. The summed E-state index contributed by atoms with van der Waals surface area (Å²) in [5.74, 6) is -1.33. The van der Waals surface area contributed by atoms with E-state index in [1.54, 1.807) is 0 Å². The van der Waals surface area contributed by atoms with Gasteiger partial charge in [-0.1, -0.05) is 6.07 Å². The maximum atomic E-state index is 13.1. The van der Waals surface area contributed by atoms with Crippen molar-refractivity contribution in [2.75, 3.05) is 6.61 Å². The largest absolute Gasteiger partial charge is 0.449 e. The van der Waals surface area contributed by atoms with Crippen molar-refractivity contribution in [1.29, 1.82) is 0 Å². The van der Waals surface area contributed by atoms with Crippen LogP contribution in [0, 0.1) is 5.82 Å². The summed E-state index contributed by atoms with van der Waals surface area (Å²) in [6.07, 6.45) is -5.10. The van der Waals surface area contributed by atoms with Crippen molar-refractivity contribution in [1.82, 2.24) is 5.32 Å². The number of alkyl carbamates (subject to hydrolysis) is 1. The predicted octanol–water partition coefficient (Wildman–Crippen LogP) is 3.44. The number of hydrogen-bond donors (Lipinski definition) is 1. The molecule has 0 bridgehead atoms. The highest BCUT2D eigenvalue weighted by Gasteiger charge is 2.35. The maximum absolute atomic E-state index is 13.1. The van der Waals surface area contributed by atoms with E-state index < -0.39 is 29.7 Å². The molecule has 1 fully saturated rings. The zero-order chi connectivity index (χ0) is 13.3. The number of hydrogen-bond acceptors (Lipinski definition) is 2. The molecule has 1 amide bonds. The molecule has 1 aliphatic rings. The van der Waals surface area contributed by atoms with Crippen LogP contribution >= 0.6 is 12.4 Å². The molecule has 1 aliphatic heterocycles. The number of carbonyl (C=O) groups excluding carboxylic acids is 1. The van der Waals surface area contributed by atoms with Gasteiger partial charge in [-0.25, -0.2) is 9.18 Å². The number of alkyl halides is 3. The molecule has 1 atom stereocenters. The van der Waals surface area contributed by atoms with E-state index in [-0.39, 0.29) is 24.6 Å². The minimum Gasteiger partial charge on any atom is -0.449 e. The van der Waals surface area contributed by atoms with Crippen LogP contribution in [-0.4, -0.2) is 12.7 Å². The highest BCUT2D eigenvalue weighted by atomic mass is 35.5. The Bertz CT molecular complexity index is 478. The molecule has 0 radical (unpaired) electrons. The SMILES string of the molecule is Cl.O=C1N[C@H](c2ccc(F)c(C(F)(F)F)c2)CCO1. The molecule has 0 aliphatic carbocycles. The van der Waals surface area contributed by atoms with Gasteiger partial charge >= 0.3 is 12.3 Å². The Balaban J connectivity index is 0.00000180. The van der Waals surface area contributed by atoms with Gasteiger partial charge in [-0.15, -0.1) is 12.4 Å². The fourth-order valence-electron chi connectivity index (χ4n) is 1.75. The highest BCUT2D eigenvalue weighted by molar-refractivity contribution is 5.85. The second-order valence-electron chi connectivity index (χ2n) is 3.86. The molecule has 1 heterocycles. The van der Waals surface area contributed by atoms with Crippen molar-refractivity contribution in [3.05, 3.63) is 35.1 Å². The van der Waals surface area contributed by atoms with Crippen LogP contribution in [0.5, 0.6) is 0 Å². The minimum absolute atomic E-state index is 0. The Hall–Kier alpha value is -1.50. The summed E-state index contributed by atoms with van der Waals surface area (Å²) in [5, 5.41) is 2.38. The summed E-state index contributed by atoms with van der Waals surface area (Å²) in [5.41, 5.74) is -1.12. The monoisotopic (exact) mass is 299 g/mol. The quantitative estimate of drug-likeness (QED) is 0.807. The lowest BCUT2D eigenvalue weighted by atomic mass is 10.0. The molecule has 1 aromatic rings. The first-order valence-corrected chi connectivity index (χ1v) is 5.18. The lowest BCUT2D eigenvalue weighted by Gasteiger charge is -2.24. The van der Waals surface area contributed by atoms with E-state index in [2.05, 4.69) is 10.1 Å². The molecular formula is C11H10ClF4NO2. The summed E-state index contributed by atoms with van der Waals surface area (Å²) in [7, 11) is 0. The smallest absolute Gasteiger partial charge is 0.419 e. The van der Waals surface area contributed by atoms with E-state index in [0.717, 1.165) is 6.07 Å². The Labute approximate surface area is 112 Å². The first-order valence-electron chi connectivity index (χ1n) is 5.18. The molecule has 3 nitrogen and oxygen atoms in total. The fourth-order valence-corrected chi connectivity index (χ4v) is 1.75. The number of halogens is 5. The van der Waals surface area contributed by atoms with Crippen molar-refractivity contribution >= 4 is 18.5 Å². The Morgan fingerprint density at radius 3 is 2.58 bits per heavy atom. The number of ether oxygens (including phenoxy) is 1. The van der Waals surface area contributed by atoms with Gasteiger partial charge in [0.05, 0.1) is 18.2 Å². The van der Waals surface area contributed by atoms with E-state index in [9.17, 15) is 22.4 Å². The van der Waals surface area contributed by atoms with Gasteiger partial charge in [-0.2, -0.15) is 13.2 Å². The molecular weight excluding hydrogens is 290 g/mol. The van der Waals surface area contributed by atoms with Crippen LogP contribution < -0.4 is 5.32 Å². The van der Waals surface area contributed by atoms with Crippen molar-refractivity contribution in [2.45, 2.75) is 18.6 Å². The first kappa shape index (κ1) is 15.6. The van der Waals surface area contributed by atoms with Gasteiger partial charge in [0.25, 0.3) is 0 Å². The third-order valence-electron chi connectivity index (χ3n) is 2.63. The van der Waals surface area contributed by atoms with Crippen LogP contribution in [0.15, 0.2) is 18.2 Å². The third-order valence-corrected chi connectivity index (χ3v) is 2.63. The highest BCUT2D eigenvalue weighted by Crippen LogP contribution is 2.33. The van der Waals surface area contributed by atoms with Gasteiger partial charge in [-0.3, -0.25) is 0 Å². The molecule has 0 unspecified atom stereocenters. The molecule has 0 spiro atoms. The van der Waals surface area contributed by atoms with E-state index >= 15 is 0 Å². The topological polar surface area (TPSA) is 38.3 Å². The predicted molar refractivity (Wildman–Crippen MR) is 60.5 cm³/mol. The first-order chi connectivity index (χ1) is 8.38. The number of amides is 1. The van der Waals surface area contributed by atoms with Crippen LogP contribution in [0.2, 0.25) is 0 Å². The van der Waals surface area contributed by atoms with E-state index in [1.165, 1.54) is 6.07 Å². The zero-order valence-electron chi connectivity index (χ0n) is 9.46. The minimum atomic E-state index is -4.75. The number of nitrogens with one attached hydrogen (secondary N) is 1. The van der Waals surface area contributed by atoms with Crippen molar-refractivity contribution in [2.24, 2.45) is 0 Å². The van der Waals surface area contributed by atoms with Gasteiger partial charge in [0.15, 0.2) is 0 Å². The molecule has 1 aromatic carbocycles. The Kier molecular flexibility index (Phi) is 4.62. The summed E-state index contributed by atoms with van der Waals surface area (Å²) in [6, 6.07) is 2.10. The Morgan fingerprint density at radius 1 is 1.32 bits per heavy atom. The van der Waals surface area contributed by atoms with Crippen LogP contribution in [0.1, 0.15) is 23.6 Å². The number of rotatable bonds is 1. The van der Waals surface area contributed by atoms with E-state index in [0.29, 0.717) is 12.5 Å². The average molecular weight is 300 g/mol. The van der Waals surface area contributed by atoms with Crippen LogP contribution in [0.4, 0.5) is 22.4 Å². The van der Waals surface area contributed by atoms with E-state index in [4.69, 9.17) is 0 Å². The summed E-state index contributed by atoms with van der Waals surface area (Å²) in [4.78, 5) is 11.0. The maximum Gasteiger partial charge on any atom is 0.419 e. The molecule has 1 saturated heterocycles. The molecule has 0 aromatic heterocycles.